The zero-order valence-corrected chi connectivity index (χ0v) is 17.7. The molecule has 1 aliphatic rings. The Morgan fingerprint density at radius 3 is 2.80 bits per heavy atom. The maximum absolute atomic E-state index is 4.59. The lowest BCUT2D eigenvalue weighted by molar-refractivity contribution is 0.305. The van der Waals surface area contributed by atoms with Gasteiger partial charge in [-0.15, -0.1) is 5.10 Å². The normalized spacial score (nSPS) is 19.4. The highest BCUT2D eigenvalue weighted by Gasteiger charge is 2.26. The summed E-state index contributed by atoms with van der Waals surface area (Å²) in [5, 5.41) is 7.84. The molecule has 0 spiro atoms. The Morgan fingerprint density at radius 1 is 1.20 bits per heavy atom. The third-order valence-electron chi connectivity index (χ3n) is 5.94. The number of nitrogens with zero attached hydrogens (tertiary/aromatic N) is 7. The van der Waals surface area contributed by atoms with Crippen LogP contribution in [-0.2, 0) is 0 Å². The predicted molar refractivity (Wildman–Crippen MR) is 118 cm³/mol. The van der Waals surface area contributed by atoms with Crippen molar-refractivity contribution in [1.29, 1.82) is 0 Å². The fraction of sp³-hybridized carbons (Fsp3) is 0.409. The number of imidazole rings is 1. The molecular weight excluding hydrogens is 376 g/mol. The molecule has 4 aromatic heterocycles. The molecule has 1 fully saturated rings. The minimum atomic E-state index is 0.320. The van der Waals surface area contributed by atoms with Crippen LogP contribution in [0.4, 0.5) is 5.95 Å². The summed E-state index contributed by atoms with van der Waals surface area (Å²) < 4.78 is 4.05. The van der Waals surface area contributed by atoms with Gasteiger partial charge in [-0.3, -0.25) is 0 Å². The molecule has 1 N–H and O–H groups in total. The summed E-state index contributed by atoms with van der Waals surface area (Å²) in [6, 6.07) is 5.13. The Hall–Kier alpha value is -3.13. The molecule has 0 amide bonds. The van der Waals surface area contributed by atoms with E-state index in [1.807, 2.05) is 49.4 Å². The molecule has 154 valence electrons. The average molecular weight is 403 g/mol. The highest BCUT2D eigenvalue weighted by molar-refractivity contribution is 5.85. The molecule has 0 radical (unpaired) electrons. The van der Waals surface area contributed by atoms with E-state index in [-0.39, 0.29) is 0 Å². The first-order valence-electron chi connectivity index (χ1n) is 10.4. The van der Waals surface area contributed by atoms with Crippen molar-refractivity contribution in [2.75, 3.05) is 7.05 Å². The molecular formula is C22H26N8. The van der Waals surface area contributed by atoms with Crippen molar-refractivity contribution in [3.05, 3.63) is 36.5 Å². The number of fused-ring (bicyclic) bond motifs is 2. The van der Waals surface area contributed by atoms with Crippen LogP contribution in [0.15, 0.2) is 35.7 Å². The molecule has 8 nitrogen and oxygen atoms in total. The quantitative estimate of drug-likeness (QED) is 0.514. The first-order valence-corrected chi connectivity index (χ1v) is 10.4. The molecule has 0 saturated heterocycles. The van der Waals surface area contributed by atoms with E-state index in [1.54, 1.807) is 0 Å². The second kappa shape index (κ2) is 7.28. The summed E-state index contributed by atoms with van der Waals surface area (Å²) in [6.45, 7) is 6.34. The van der Waals surface area contributed by atoms with E-state index in [0.29, 0.717) is 23.9 Å². The van der Waals surface area contributed by atoms with Crippen molar-refractivity contribution in [2.45, 2.75) is 45.7 Å². The number of pyridine rings is 1. The number of hydrogen-bond acceptors (Lipinski definition) is 6. The molecule has 5 rings (SSSR count). The second-order valence-corrected chi connectivity index (χ2v) is 8.30. The van der Waals surface area contributed by atoms with Gasteiger partial charge in [0.05, 0.1) is 17.2 Å². The Labute approximate surface area is 175 Å². The van der Waals surface area contributed by atoms with Crippen molar-refractivity contribution in [3.8, 4) is 11.1 Å². The van der Waals surface area contributed by atoms with Crippen LogP contribution in [0.25, 0.3) is 27.8 Å². The Balaban J connectivity index is 1.47. The molecule has 4 aromatic rings. The average Bonchev–Trinajstić information content (AvgIpc) is 3.25. The number of aromatic nitrogens is 6. The molecule has 1 aliphatic carbocycles. The molecule has 0 aromatic carbocycles. The van der Waals surface area contributed by atoms with Gasteiger partial charge < -0.3 is 9.88 Å². The Bertz CT molecular complexity index is 1240. The van der Waals surface area contributed by atoms with Crippen LogP contribution in [0.3, 0.4) is 0 Å². The number of hydrogen-bond donors (Lipinski definition) is 1. The molecule has 0 bridgehead atoms. The highest BCUT2D eigenvalue weighted by Crippen LogP contribution is 2.29. The van der Waals surface area contributed by atoms with Crippen molar-refractivity contribution < 1.29 is 0 Å². The lowest BCUT2D eigenvalue weighted by atomic mass is 9.81. The first-order chi connectivity index (χ1) is 14.5. The van der Waals surface area contributed by atoms with Gasteiger partial charge in [0.1, 0.15) is 5.82 Å². The number of aliphatic imine (C=N–C) groups is 1. The van der Waals surface area contributed by atoms with Crippen LogP contribution in [0, 0.1) is 12.8 Å². The SMILES string of the molecule is CNC1CC(C=Nc2ncc3c(-c4cnc5nc(C)n(C(C)C)c5c4)ccn3n2)C1. The molecule has 0 atom stereocenters. The number of rotatable bonds is 5. The van der Waals surface area contributed by atoms with Gasteiger partial charge in [-0.25, -0.2) is 24.5 Å². The van der Waals surface area contributed by atoms with Gasteiger partial charge in [0, 0.05) is 41.8 Å². The smallest absolute Gasteiger partial charge is 0.266 e. The Kier molecular flexibility index (Phi) is 4.58. The molecule has 4 heterocycles. The second-order valence-electron chi connectivity index (χ2n) is 8.30. The van der Waals surface area contributed by atoms with Gasteiger partial charge in [0.2, 0.25) is 0 Å². The van der Waals surface area contributed by atoms with Gasteiger partial charge in [-0.2, -0.15) is 0 Å². The standard InChI is InChI=1S/C22H26N8/c1-13(2)30-14(3)27-21-19(30)9-16(11-24-21)18-5-6-29-20(18)12-26-22(28-29)25-10-15-7-17(8-15)23-4/h5-6,9-13,15,17,23H,7-8H2,1-4H3. The van der Waals surface area contributed by atoms with Crippen molar-refractivity contribution in [2.24, 2.45) is 10.9 Å². The first kappa shape index (κ1) is 18.9. The summed E-state index contributed by atoms with van der Waals surface area (Å²) in [7, 11) is 2.00. The van der Waals surface area contributed by atoms with Crippen LogP contribution in [0.1, 0.15) is 38.6 Å². The van der Waals surface area contributed by atoms with E-state index in [4.69, 9.17) is 0 Å². The van der Waals surface area contributed by atoms with E-state index in [1.165, 1.54) is 0 Å². The fourth-order valence-electron chi connectivity index (χ4n) is 4.28. The maximum atomic E-state index is 4.59. The van der Waals surface area contributed by atoms with Crippen LogP contribution in [-0.4, -0.2) is 48.4 Å². The lowest BCUT2D eigenvalue weighted by Crippen LogP contribution is -2.39. The lowest BCUT2D eigenvalue weighted by Gasteiger charge is -2.32. The third kappa shape index (κ3) is 3.17. The molecule has 8 heteroatoms. The van der Waals surface area contributed by atoms with Crippen molar-refractivity contribution >= 4 is 28.8 Å². The predicted octanol–water partition coefficient (Wildman–Crippen LogP) is 3.73. The van der Waals surface area contributed by atoms with E-state index in [2.05, 4.69) is 54.8 Å². The van der Waals surface area contributed by atoms with Crippen LogP contribution >= 0.6 is 0 Å². The summed E-state index contributed by atoms with van der Waals surface area (Å²) in [4.78, 5) is 18.1. The van der Waals surface area contributed by atoms with Gasteiger partial charge in [-0.05, 0) is 58.7 Å². The van der Waals surface area contributed by atoms with Gasteiger partial charge in [0.25, 0.3) is 5.95 Å². The Morgan fingerprint density at radius 2 is 2.03 bits per heavy atom. The van der Waals surface area contributed by atoms with E-state index in [9.17, 15) is 0 Å². The highest BCUT2D eigenvalue weighted by atomic mass is 15.3. The zero-order valence-electron chi connectivity index (χ0n) is 17.7. The van der Waals surface area contributed by atoms with Crippen molar-refractivity contribution in [3.63, 3.8) is 0 Å². The van der Waals surface area contributed by atoms with Gasteiger partial charge in [-0.1, -0.05) is 0 Å². The van der Waals surface area contributed by atoms with E-state index < -0.39 is 0 Å². The molecule has 0 aliphatic heterocycles. The summed E-state index contributed by atoms with van der Waals surface area (Å²) in [5.41, 5.74) is 4.82. The number of aryl methyl sites for hydroxylation is 1. The monoisotopic (exact) mass is 402 g/mol. The largest absolute Gasteiger partial charge is 0.324 e. The minimum absolute atomic E-state index is 0.320. The molecule has 1 saturated carbocycles. The van der Waals surface area contributed by atoms with Crippen molar-refractivity contribution in [1.82, 2.24) is 34.4 Å². The molecule has 0 unspecified atom stereocenters. The zero-order chi connectivity index (χ0) is 20.8. The fourth-order valence-corrected chi connectivity index (χ4v) is 4.28. The summed E-state index contributed by atoms with van der Waals surface area (Å²) >= 11 is 0. The summed E-state index contributed by atoms with van der Waals surface area (Å²) in [5.74, 6) is 1.97. The van der Waals surface area contributed by atoms with Gasteiger partial charge >= 0.3 is 0 Å². The van der Waals surface area contributed by atoms with E-state index in [0.717, 1.165) is 46.5 Å². The maximum Gasteiger partial charge on any atom is 0.266 e. The van der Waals surface area contributed by atoms with Crippen LogP contribution < -0.4 is 5.32 Å². The van der Waals surface area contributed by atoms with Crippen LogP contribution in [0.5, 0.6) is 0 Å². The van der Waals surface area contributed by atoms with E-state index >= 15 is 0 Å². The number of nitrogens with one attached hydrogen (secondary N) is 1. The van der Waals surface area contributed by atoms with Gasteiger partial charge in [0.15, 0.2) is 5.65 Å². The minimum Gasteiger partial charge on any atom is -0.324 e. The summed E-state index contributed by atoms with van der Waals surface area (Å²) in [6.07, 6.45) is 9.88. The van der Waals surface area contributed by atoms with Crippen LogP contribution in [0.2, 0.25) is 0 Å². The topological polar surface area (TPSA) is 85.3 Å². The third-order valence-corrected chi connectivity index (χ3v) is 5.94. The molecule has 30 heavy (non-hydrogen) atoms.